The Balaban J connectivity index is 2.16. The number of aromatic nitrogens is 1. The van der Waals surface area contributed by atoms with Crippen molar-refractivity contribution in [2.24, 2.45) is 0 Å². The number of nitrogens with one attached hydrogen (secondary N) is 1. The summed E-state index contributed by atoms with van der Waals surface area (Å²) in [5.41, 5.74) is -0.213. The zero-order valence-corrected chi connectivity index (χ0v) is 20.7. The Hall–Kier alpha value is -3.30. The molecule has 1 aliphatic rings. The SMILES string of the molecule is C=C/C(=C\C(=C/C)c1ccc(C(F)(F)F)nc1OC)CNC(=O)C1CCCN1C(=O)OC(C)(C)C. The minimum atomic E-state index is -4.60. The van der Waals surface area contributed by atoms with Gasteiger partial charge in [0, 0.05) is 18.7 Å². The molecule has 2 heterocycles. The third-order valence-corrected chi connectivity index (χ3v) is 5.22. The molecular weight excluding hydrogens is 463 g/mol. The standard InChI is InChI=1S/C25H32F3N3O4/c1-7-16(14-17(8-2)18-11-12-20(25(26,27)28)30-22(18)34-6)15-29-21(32)19-10-9-13-31(19)23(33)35-24(3,4)5/h7-8,11-12,14,19H,1,9-10,13,15H2,2-6H3,(H,29,32)/b16-14+,17-8+. The number of rotatable bonds is 7. The van der Waals surface area contributed by atoms with Crippen molar-refractivity contribution in [2.45, 2.75) is 58.4 Å². The number of pyridine rings is 1. The molecule has 0 aromatic carbocycles. The molecule has 7 nitrogen and oxygen atoms in total. The maximum absolute atomic E-state index is 13.0. The van der Waals surface area contributed by atoms with Crippen LogP contribution in [0, 0.1) is 0 Å². The second-order valence-electron chi connectivity index (χ2n) is 8.97. The van der Waals surface area contributed by atoms with Crippen molar-refractivity contribution in [3.63, 3.8) is 0 Å². The monoisotopic (exact) mass is 495 g/mol. The van der Waals surface area contributed by atoms with Crippen molar-refractivity contribution in [3.8, 4) is 5.88 Å². The number of methoxy groups -OCH3 is 1. The van der Waals surface area contributed by atoms with Gasteiger partial charge in [0.05, 0.1) is 7.11 Å². The number of halogens is 3. The van der Waals surface area contributed by atoms with Crippen LogP contribution in [0.25, 0.3) is 5.57 Å². The van der Waals surface area contributed by atoms with Crippen LogP contribution in [0.5, 0.6) is 5.88 Å². The van der Waals surface area contributed by atoms with E-state index < -0.39 is 29.6 Å². The van der Waals surface area contributed by atoms with Crippen molar-refractivity contribution in [3.05, 3.63) is 53.8 Å². The van der Waals surface area contributed by atoms with Crippen LogP contribution in [-0.2, 0) is 15.7 Å². The van der Waals surface area contributed by atoms with Gasteiger partial charge in [-0.15, -0.1) is 0 Å². The number of hydrogen-bond acceptors (Lipinski definition) is 5. The van der Waals surface area contributed by atoms with Crippen LogP contribution in [-0.4, -0.2) is 53.7 Å². The number of amides is 2. The number of carbonyl (C=O) groups excluding carboxylic acids is 2. The number of carbonyl (C=O) groups is 2. The highest BCUT2D eigenvalue weighted by Crippen LogP contribution is 2.33. The number of allylic oxidation sites excluding steroid dienone is 3. The van der Waals surface area contributed by atoms with Gasteiger partial charge in [0.2, 0.25) is 11.8 Å². The Morgan fingerprint density at radius 1 is 1.29 bits per heavy atom. The first-order valence-electron chi connectivity index (χ1n) is 11.2. The second-order valence-corrected chi connectivity index (χ2v) is 8.97. The number of alkyl halides is 3. The molecule has 1 unspecified atom stereocenters. The van der Waals surface area contributed by atoms with Gasteiger partial charge < -0.3 is 14.8 Å². The van der Waals surface area contributed by atoms with Crippen LogP contribution in [0.4, 0.5) is 18.0 Å². The predicted octanol–water partition coefficient (Wildman–Crippen LogP) is 5.14. The predicted molar refractivity (Wildman–Crippen MR) is 127 cm³/mol. The fourth-order valence-corrected chi connectivity index (χ4v) is 3.56. The highest BCUT2D eigenvalue weighted by Gasteiger charge is 2.36. The zero-order valence-electron chi connectivity index (χ0n) is 20.7. The van der Waals surface area contributed by atoms with Gasteiger partial charge >= 0.3 is 12.3 Å². The van der Waals surface area contributed by atoms with E-state index in [0.717, 1.165) is 6.07 Å². The molecule has 2 amide bonds. The van der Waals surface area contributed by atoms with Gasteiger partial charge in [-0.25, -0.2) is 9.78 Å². The Labute approximate surface area is 203 Å². The number of likely N-dealkylation sites (tertiary alicyclic amines) is 1. The zero-order chi connectivity index (χ0) is 26.4. The molecule has 1 atom stereocenters. The number of nitrogens with zero attached hydrogens (tertiary/aromatic N) is 2. The molecule has 1 fully saturated rings. The fraction of sp³-hybridized carbons (Fsp3) is 0.480. The van der Waals surface area contributed by atoms with Crippen molar-refractivity contribution in [1.82, 2.24) is 15.2 Å². The summed E-state index contributed by atoms with van der Waals surface area (Å²) in [4.78, 5) is 30.3. The summed E-state index contributed by atoms with van der Waals surface area (Å²) in [6.07, 6.45) is 0.986. The lowest BCUT2D eigenvalue weighted by molar-refractivity contribution is -0.141. The van der Waals surface area contributed by atoms with Gasteiger partial charge in [-0.05, 0) is 69.9 Å². The molecule has 0 saturated carbocycles. The van der Waals surface area contributed by atoms with Gasteiger partial charge in [0.25, 0.3) is 0 Å². The van der Waals surface area contributed by atoms with E-state index >= 15 is 0 Å². The smallest absolute Gasteiger partial charge is 0.433 e. The van der Waals surface area contributed by atoms with E-state index in [9.17, 15) is 22.8 Å². The minimum Gasteiger partial charge on any atom is -0.481 e. The minimum absolute atomic E-state index is 0.106. The molecule has 1 aromatic heterocycles. The largest absolute Gasteiger partial charge is 0.481 e. The van der Waals surface area contributed by atoms with E-state index in [1.54, 1.807) is 39.8 Å². The van der Waals surface area contributed by atoms with Gasteiger partial charge in [-0.3, -0.25) is 9.69 Å². The topological polar surface area (TPSA) is 80.8 Å². The molecule has 1 saturated heterocycles. The molecule has 1 aromatic rings. The van der Waals surface area contributed by atoms with E-state index in [0.29, 0.717) is 36.1 Å². The van der Waals surface area contributed by atoms with Crippen LogP contribution in [0.3, 0.4) is 0 Å². The van der Waals surface area contributed by atoms with E-state index in [1.165, 1.54) is 24.2 Å². The summed E-state index contributed by atoms with van der Waals surface area (Å²) in [6.45, 7) is 11.3. The number of ether oxygens (including phenoxy) is 2. The Kier molecular flexibility index (Phi) is 9.12. The van der Waals surface area contributed by atoms with Gasteiger partial charge in [0.1, 0.15) is 17.3 Å². The van der Waals surface area contributed by atoms with Crippen LogP contribution in [0.15, 0.2) is 42.5 Å². The average molecular weight is 496 g/mol. The van der Waals surface area contributed by atoms with Crippen molar-refractivity contribution < 1.29 is 32.2 Å². The summed E-state index contributed by atoms with van der Waals surface area (Å²) in [5, 5.41) is 2.81. The fourth-order valence-electron chi connectivity index (χ4n) is 3.56. The molecule has 0 bridgehead atoms. The van der Waals surface area contributed by atoms with Crippen molar-refractivity contribution in [1.29, 1.82) is 0 Å². The molecule has 0 radical (unpaired) electrons. The normalized spacial score (nSPS) is 17.3. The lowest BCUT2D eigenvalue weighted by Gasteiger charge is -2.28. The Morgan fingerprint density at radius 2 is 1.97 bits per heavy atom. The molecule has 10 heteroatoms. The first-order chi connectivity index (χ1) is 16.3. The molecule has 35 heavy (non-hydrogen) atoms. The third kappa shape index (κ3) is 7.60. The van der Waals surface area contributed by atoms with E-state index in [1.807, 2.05) is 0 Å². The molecule has 1 N–H and O–H groups in total. The maximum atomic E-state index is 13.0. The molecular formula is C25H32F3N3O4. The van der Waals surface area contributed by atoms with Gasteiger partial charge in [-0.1, -0.05) is 18.7 Å². The summed E-state index contributed by atoms with van der Waals surface area (Å²) in [5.74, 6) is -0.493. The van der Waals surface area contributed by atoms with Crippen LogP contribution in [0.2, 0.25) is 0 Å². The summed E-state index contributed by atoms with van der Waals surface area (Å²) >= 11 is 0. The molecule has 1 aliphatic heterocycles. The second kappa shape index (κ2) is 11.4. The maximum Gasteiger partial charge on any atom is 0.433 e. The molecule has 0 spiro atoms. The van der Waals surface area contributed by atoms with Crippen LogP contribution < -0.4 is 10.1 Å². The van der Waals surface area contributed by atoms with E-state index in [4.69, 9.17) is 9.47 Å². The first-order valence-corrected chi connectivity index (χ1v) is 11.2. The number of hydrogen-bond donors (Lipinski definition) is 1. The average Bonchev–Trinajstić information content (AvgIpc) is 3.27. The third-order valence-electron chi connectivity index (χ3n) is 5.22. The van der Waals surface area contributed by atoms with E-state index in [2.05, 4.69) is 16.9 Å². The Morgan fingerprint density at radius 3 is 2.51 bits per heavy atom. The van der Waals surface area contributed by atoms with Crippen molar-refractivity contribution >= 4 is 17.6 Å². The summed E-state index contributed by atoms with van der Waals surface area (Å²) in [7, 11) is 1.25. The highest BCUT2D eigenvalue weighted by molar-refractivity contribution is 5.86. The summed E-state index contributed by atoms with van der Waals surface area (Å²) in [6, 6.07) is 1.53. The molecule has 192 valence electrons. The van der Waals surface area contributed by atoms with Gasteiger partial charge in [0.15, 0.2) is 0 Å². The molecule has 2 rings (SSSR count). The Bertz CT molecular complexity index is 1010. The molecule has 0 aliphatic carbocycles. The van der Waals surface area contributed by atoms with Crippen LogP contribution >= 0.6 is 0 Å². The lowest BCUT2D eigenvalue weighted by Crippen LogP contribution is -2.47. The summed E-state index contributed by atoms with van der Waals surface area (Å²) < 4.78 is 49.5. The highest BCUT2D eigenvalue weighted by atomic mass is 19.4. The van der Waals surface area contributed by atoms with E-state index in [-0.39, 0.29) is 18.3 Å². The van der Waals surface area contributed by atoms with Crippen LogP contribution in [0.1, 0.15) is 51.8 Å². The quantitative estimate of drug-likeness (QED) is 0.530. The lowest BCUT2D eigenvalue weighted by atomic mass is 10.0. The first kappa shape index (κ1) is 27.9. The van der Waals surface area contributed by atoms with Crippen molar-refractivity contribution in [2.75, 3.05) is 20.2 Å². The van der Waals surface area contributed by atoms with Gasteiger partial charge in [-0.2, -0.15) is 13.2 Å².